The number of halogens is 2. The first-order valence-electron chi connectivity index (χ1n) is 8.05. The highest BCUT2D eigenvalue weighted by molar-refractivity contribution is 9.10. The minimum absolute atomic E-state index is 0.142. The summed E-state index contributed by atoms with van der Waals surface area (Å²) in [7, 11) is 0. The first kappa shape index (κ1) is 19.0. The van der Waals surface area contributed by atoms with Crippen LogP contribution >= 0.6 is 39.9 Å². The van der Waals surface area contributed by atoms with Gasteiger partial charge in [-0.3, -0.25) is 14.6 Å². The lowest BCUT2D eigenvalue weighted by molar-refractivity contribution is -0.122. The number of morpholine rings is 1. The van der Waals surface area contributed by atoms with Crippen molar-refractivity contribution in [2.24, 2.45) is 0 Å². The van der Waals surface area contributed by atoms with Crippen LogP contribution in [0.2, 0.25) is 0 Å². The standard InChI is InChI=1S/C17H18BrFN2O2S2/c18-13-2-3-14(19)12(10-13)11-15-16(22)21(17(24)25-15)5-1-4-20-6-8-23-9-7-20/h2-3,10-11H,1,4-9H2. The Morgan fingerprint density at radius 1 is 1.32 bits per heavy atom. The van der Waals surface area contributed by atoms with E-state index in [1.54, 1.807) is 23.1 Å². The van der Waals surface area contributed by atoms with E-state index in [-0.39, 0.29) is 11.7 Å². The van der Waals surface area contributed by atoms with Gasteiger partial charge >= 0.3 is 0 Å². The second kappa shape index (κ2) is 8.73. The van der Waals surface area contributed by atoms with Gasteiger partial charge in [-0.15, -0.1) is 0 Å². The van der Waals surface area contributed by atoms with Gasteiger partial charge in [-0.25, -0.2) is 4.39 Å². The highest BCUT2D eigenvalue weighted by Gasteiger charge is 2.31. The second-order valence-corrected chi connectivity index (χ2v) is 8.40. The van der Waals surface area contributed by atoms with Crippen molar-refractivity contribution in [1.82, 2.24) is 9.80 Å². The molecule has 1 aromatic carbocycles. The zero-order valence-electron chi connectivity index (χ0n) is 13.5. The Labute approximate surface area is 164 Å². The Kier molecular flexibility index (Phi) is 6.62. The summed E-state index contributed by atoms with van der Waals surface area (Å²) >= 11 is 9.88. The van der Waals surface area contributed by atoms with Crippen molar-refractivity contribution >= 4 is 56.2 Å². The van der Waals surface area contributed by atoms with Crippen LogP contribution < -0.4 is 0 Å². The van der Waals surface area contributed by atoms with E-state index in [1.165, 1.54) is 17.8 Å². The molecule has 0 bridgehead atoms. The molecule has 25 heavy (non-hydrogen) atoms. The molecule has 0 atom stereocenters. The molecule has 2 aliphatic rings. The number of amides is 1. The summed E-state index contributed by atoms with van der Waals surface area (Å²) in [5, 5.41) is 0. The molecule has 0 N–H and O–H groups in total. The van der Waals surface area contributed by atoms with Gasteiger partial charge in [0.05, 0.1) is 18.1 Å². The Balaban J connectivity index is 1.61. The third-order valence-corrected chi connectivity index (χ3v) is 5.95. The average molecular weight is 445 g/mol. The number of hydrogen-bond donors (Lipinski definition) is 0. The number of benzene rings is 1. The number of carbonyl (C=O) groups is 1. The van der Waals surface area contributed by atoms with E-state index >= 15 is 0 Å². The van der Waals surface area contributed by atoms with Crippen molar-refractivity contribution in [3.63, 3.8) is 0 Å². The summed E-state index contributed by atoms with van der Waals surface area (Å²) < 4.78 is 20.5. The molecule has 0 radical (unpaired) electrons. The van der Waals surface area contributed by atoms with E-state index in [0.717, 1.165) is 43.7 Å². The molecule has 2 aliphatic heterocycles. The van der Waals surface area contributed by atoms with Crippen LogP contribution in [0.15, 0.2) is 27.6 Å². The number of rotatable bonds is 5. The third kappa shape index (κ3) is 4.89. The van der Waals surface area contributed by atoms with Crippen molar-refractivity contribution in [1.29, 1.82) is 0 Å². The van der Waals surface area contributed by atoms with Gasteiger partial charge in [0.2, 0.25) is 0 Å². The van der Waals surface area contributed by atoms with Gasteiger partial charge in [0.25, 0.3) is 5.91 Å². The Hall–Kier alpha value is -0.800. The van der Waals surface area contributed by atoms with E-state index < -0.39 is 0 Å². The normalized spacial score (nSPS) is 20.7. The molecule has 0 unspecified atom stereocenters. The molecule has 1 amide bonds. The molecule has 2 saturated heterocycles. The first-order chi connectivity index (χ1) is 12.0. The maximum absolute atomic E-state index is 13.9. The van der Waals surface area contributed by atoms with Crippen LogP contribution in [0.5, 0.6) is 0 Å². The molecular formula is C17H18BrFN2O2S2. The van der Waals surface area contributed by atoms with Crippen molar-refractivity contribution in [2.45, 2.75) is 6.42 Å². The van der Waals surface area contributed by atoms with Crippen LogP contribution in [0.1, 0.15) is 12.0 Å². The molecular weight excluding hydrogens is 427 g/mol. The minimum Gasteiger partial charge on any atom is -0.379 e. The monoisotopic (exact) mass is 444 g/mol. The van der Waals surface area contributed by atoms with Crippen molar-refractivity contribution < 1.29 is 13.9 Å². The molecule has 2 heterocycles. The van der Waals surface area contributed by atoms with Gasteiger partial charge in [0, 0.05) is 36.2 Å². The van der Waals surface area contributed by atoms with E-state index in [1.807, 2.05) is 0 Å². The number of nitrogens with zero attached hydrogens (tertiary/aromatic N) is 2. The summed E-state index contributed by atoms with van der Waals surface area (Å²) in [5.74, 6) is -0.503. The van der Waals surface area contributed by atoms with Crippen LogP contribution in [0.3, 0.4) is 0 Å². The summed E-state index contributed by atoms with van der Waals surface area (Å²) in [6, 6.07) is 4.66. The zero-order chi connectivity index (χ0) is 17.8. The van der Waals surface area contributed by atoms with Crippen LogP contribution in [0.25, 0.3) is 6.08 Å². The summed E-state index contributed by atoms with van der Waals surface area (Å²) in [6.07, 6.45) is 2.42. The fourth-order valence-corrected chi connectivity index (χ4v) is 4.41. The molecule has 0 saturated carbocycles. The van der Waals surface area contributed by atoms with Crippen LogP contribution in [0.4, 0.5) is 4.39 Å². The smallest absolute Gasteiger partial charge is 0.266 e. The third-order valence-electron chi connectivity index (χ3n) is 4.08. The summed E-state index contributed by atoms with van der Waals surface area (Å²) in [4.78, 5) is 17.0. The van der Waals surface area contributed by atoms with Gasteiger partial charge in [0.1, 0.15) is 10.1 Å². The Bertz CT molecular complexity index is 708. The molecule has 0 aromatic heterocycles. The lowest BCUT2D eigenvalue weighted by atomic mass is 10.2. The van der Waals surface area contributed by atoms with Gasteiger partial charge < -0.3 is 4.74 Å². The number of thiocarbonyl (C=S) groups is 1. The van der Waals surface area contributed by atoms with E-state index in [4.69, 9.17) is 17.0 Å². The fraction of sp³-hybridized carbons (Fsp3) is 0.412. The van der Waals surface area contributed by atoms with Crippen LogP contribution in [-0.2, 0) is 9.53 Å². The number of thioether (sulfide) groups is 1. The molecule has 0 spiro atoms. The van der Waals surface area contributed by atoms with E-state index in [0.29, 0.717) is 21.3 Å². The maximum Gasteiger partial charge on any atom is 0.266 e. The first-order valence-corrected chi connectivity index (χ1v) is 10.1. The lowest BCUT2D eigenvalue weighted by Crippen LogP contribution is -2.38. The molecule has 8 heteroatoms. The maximum atomic E-state index is 13.9. The topological polar surface area (TPSA) is 32.8 Å². The largest absolute Gasteiger partial charge is 0.379 e. The lowest BCUT2D eigenvalue weighted by Gasteiger charge is -2.27. The number of hydrogen-bond acceptors (Lipinski definition) is 5. The Morgan fingerprint density at radius 2 is 2.08 bits per heavy atom. The fourth-order valence-electron chi connectivity index (χ4n) is 2.74. The molecule has 134 valence electrons. The number of ether oxygens (including phenoxy) is 1. The van der Waals surface area contributed by atoms with E-state index in [9.17, 15) is 9.18 Å². The second-order valence-electron chi connectivity index (χ2n) is 5.81. The predicted molar refractivity (Wildman–Crippen MR) is 106 cm³/mol. The SMILES string of the molecule is O=C1C(=Cc2cc(Br)ccc2F)SC(=S)N1CCCN1CCOCC1. The van der Waals surface area contributed by atoms with Crippen LogP contribution in [0, 0.1) is 5.82 Å². The predicted octanol–water partition coefficient (Wildman–Crippen LogP) is 3.51. The highest BCUT2D eigenvalue weighted by atomic mass is 79.9. The molecule has 3 rings (SSSR count). The van der Waals surface area contributed by atoms with Crippen molar-refractivity contribution in [2.75, 3.05) is 39.4 Å². The Morgan fingerprint density at radius 3 is 2.84 bits per heavy atom. The molecule has 0 aliphatic carbocycles. The van der Waals surface area contributed by atoms with Gasteiger partial charge in [0.15, 0.2) is 0 Å². The zero-order valence-corrected chi connectivity index (χ0v) is 16.8. The molecule has 4 nitrogen and oxygen atoms in total. The van der Waals surface area contributed by atoms with Crippen molar-refractivity contribution in [3.05, 3.63) is 39.0 Å². The molecule has 2 fully saturated rings. The summed E-state index contributed by atoms with van der Waals surface area (Å²) in [6.45, 7) is 4.89. The van der Waals surface area contributed by atoms with Gasteiger partial charge in [-0.2, -0.15) is 0 Å². The van der Waals surface area contributed by atoms with Gasteiger partial charge in [-0.05, 0) is 30.7 Å². The highest BCUT2D eigenvalue weighted by Crippen LogP contribution is 2.33. The molecule has 1 aromatic rings. The van der Waals surface area contributed by atoms with Crippen LogP contribution in [-0.4, -0.2) is 59.4 Å². The average Bonchev–Trinajstić information content (AvgIpc) is 2.86. The quantitative estimate of drug-likeness (QED) is 0.512. The minimum atomic E-state index is -0.360. The van der Waals surface area contributed by atoms with E-state index in [2.05, 4.69) is 20.8 Å². The summed E-state index contributed by atoms with van der Waals surface area (Å²) in [5.41, 5.74) is 0.378. The number of carbonyl (C=O) groups excluding carboxylic acids is 1. The van der Waals surface area contributed by atoms with Gasteiger partial charge in [-0.1, -0.05) is 39.9 Å². The van der Waals surface area contributed by atoms with Crippen molar-refractivity contribution in [3.8, 4) is 0 Å².